The van der Waals surface area contributed by atoms with Crippen molar-refractivity contribution in [1.82, 2.24) is 15.0 Å². The second-order valence-electron chi connectivity index (χ2n) is 12.7. The fourth-order valence-corrected chi connectivity index (χ4v) is 9.31. The lowest BCUT2D eigenvalue weighted by Crippen LogP contribution is -2.53. The first-order chi connectivity index (χ1) is 17.2. The van der Waals surface area contributed by atoms with Crippen molar-refractivity contribution in [2.75, 3.05) is 0 Å². The molecule has 198 valence electrons. The van der Waals surface area contributed by atoms with Crippen molar-refractivity contribution in [1.29, 1.82) is 0 Å². The summed E-state index contributed by atoms with van der Waals surface area (Å²) in [6.45, 7) is 11.4. The summed E-state index contributed by atoms with van der Waals surface area (Å²) >= 11 is 0. The molecule has 6 heteroatoms. The van der Waals surface area contributed by atoms with Crippen molar-refractivity contribution in [3.05, 3.63) is 23.8 Å². The molecule has 6 rings (SSSR count). The monoisotopic (exact) mass is 499 g/mol. The van der Waals surface area contributed by atoms with Crippen LogP contribution in [-0.4, -0.2) is 20.8 Å². The molecule has 4 aliphatic carbocycles. The van der Waals surface area contributed by atoms with Gasteiger partial charge in [-0.2, -0.15) is 9.90 Å². The number of benzene rings is 1. The van der Waals surface area contributed by atoms with E-state index in [-0.39, 0.29) is 34.7 Å². The predicted octanol–water partition coefficient (Wildman–Crippen LogP) is 7.60. The molecule has 8 atom stereocenters. The van der Waals surface area contributed by atoms with Crippen molar-refractivity contribution >= 4 is 16.8 Å². The summed E-state index contributed by atoms with van der Waals surface area (Å²) in [6, 6.07) is 1.98. The maximum atomic E-state index is 14.1. The smallest absolute Gasteiger partial charge is 0.159 e. The maximum Gasteiger partial charge on any atom is 0.159 e. The molecule has 36 heavy (non-hydrogen) atoms. The zero-order valence-electron chi connectivity index (χ0n) is 22.7. The minimum atomic E-state index is -0.735. The summed E-state index contributed by atoms with van der Waals surface area (Å²) < 4.78 is 27.6. The maximum absolute atomic E-state index is 14.1. The van der Waals surface area contributed by atoms with E-state index in [1.54, 1.807) is 0 Å². The van der Waals surface area contributed by atoms with Gasteiger partial charge in [-0.3, -0.25) is 4.79 Å². The van der Waals surface area contributed by atoms with Crippen LogP contribution in [0.4, 0.5) is 8.78 Å². The van der Waals surface area contributed by atoms with E-state index in [9.17, 15) is 13.6 Å². The third-order valence-electron chi connectivity index (χ3n) is 11.1. The summed E-state index contributed by atoms with van der Waals surface area (Å²) in [5.41, 5.74) is 0.704. The first-order valence-electron chi connectivity index (χ1n) is 14.4. The van der Waals surface area contributed by atoms with Crippen molar-refractivity contribution in [3.8, 4) is 0 Å². The van der Waals surface area contributed by atoms with Crippen LogP contribution in [0.5, 0.6) is 0 Å². The van der Waals surface area contributed by atoms with E-state index < -0.39 is 11.6 Å². The predicted molar refractivity (Wildman–Crippen MR) is 138 cm³/mol. The van der Waals surface area contributed by atoms with E-state index in [2.05, 4.69) is 31.0 Å². The molecule has 4 aliphatic rings. The average Bonchev–Trinajstić information content (AvgIpc) is 3.41. The average molecular weight is 500 g/mol. The SMILES string of the molecule is CC.C[C@H]1CCC2(C)C(CCC3C2CCC2(C)C3CC[C@@H]2C(=O)Cn2nc3cc(F)cc(F)c3n2)C1. The van der Waals surface area contributed by atoms with Crippen molar-refractivity contribution in [2.45, 2.75) is 99.0 Å². The Labute approximate surface area is 214 Å². The number of carbonyl (C=O) groups is 1. The lowest BCUT2D eigenvalue weighted by Gasteiger charge is -2.61. The van der Waals surface area contributed by atoms with Crippen molar-refractivity contribution in [3.63, 3.8) is 0 Å². The van der Waals surface area contributed by atoms with Gasteiger partial charge in [-0.15, -0.1) is 5.10 Å². The van der Waals surface area contributed by atoms with Crippen LogP contribution in [0, 0.1) is 58.0 Å². The highest BCUT2D eigenvalue weighted by Crippen LogP contribution is 2.67. The summed E-state index contributed by atoms with van der Waals surface area (Å²) in [4.78, 5) is 14.8. The molecule has 0 N–H and O–H groups in total. The topological polar surface area (TPSA) is 47.8 Å². The quantitative estimate of drug-likeness (QED) is 0.437. The van der Waals surface area contributed by atoms with E-state index in [1.807, 2.05) is 13.8 Å². The summed E-state index contributed by atoms with van der Waals surface area (Å²) in [5, 5.41) is 8.36. The molecule has 1 aromatic heterocycles. The van der Waals surface area contributed by atoms with E-state index in [1.165, 1.54) is 49.4 Å². The van der Waals surface area contributed by atoms with Gasteiger partial charge in [0, 0.05) is 18.1 Å². The zero-order chi connectivity index (χ0) is 25.8. The highest BCUT2D eigenvalue weighted by atomic mass is 19.1. The van der Waals surface area contributed by atoms with Gasteiger partial charge in [0.2, 0.25) is 0 Å². The van der Waals surface area contributed by atoms with E-state index in [0.29, 0.717) is 11.3 Å². The fraction of sp³-hybridized carbons (Fsp3) is 0.767. The second kappa shape index (κ2) is 9.47. The van der Waals surface area contributed by atoms with Crippen LogP contribution < -0.4 is 0 Å². The Morgan fingerprint density at radius 2 is 1.69 bits per heavy atom. The Kier molecular flexibility index (Phi) is 6.78. The van der Waals surface area contributed by atoms with Gasteiger partial charge < -0.3 is 0 Å². The summed E-state index contributed by atoms with van der Waals surface area (Å²) in [6.07, 6.45) is 11.3. The van der Waals surface area contributed by atoms with E-state index >= 15 is 0 Å². The van der Waals surface area contributed by atoms with Gasteiger partial charge in [0.15, 0.2) is 11.6 Å². The molecule has 0 amide bonds. The largest absolute Gasteiger partial charge is 0.297 e. The number of ketones is 1. The van der Waals surface area contributed by atoms with Gasteiger partial charge >= 0.3 is 0 Å². The van der Waals surface area contributed by atoms with Crippen molar-refractivity contribution < 1.29 is 13.6 Å². The molecule has 0 radical (unpaired) electrons. The number of rotatable bonds is 3. The molecule has 1 heterocycles. The van der Waals surface area contributed by atoms with Crippen LogP contribution in [0.15, 0.2) is 12.1 Å². The van der Waals surface area contributed by atoms with Crippen LogP contribution in [0.3, 0.4) is 0 Å². The van der Waals surface area contributed by atoms with Gasteiger partial charge in [-0.05, 0) is 91.8 Å². The van der Waals surface area contributed by atoms with Gasteiger partial charge in [-0.1, -0.05) is 41.0 Å². The molecule has 1 aromatic carbocycles. The molecular weight excluding hydrogens is 456 g/mol. The van der Waals surface area contributed by atoms with Crippen LogP contribution in [-0.2, 0) is 11.3 Å². The molecule has 0 bridgehead atoms. The molecule has 0 aliphatic heterocycles. The Morgan fingerprint density at radius 1 is 0.972 bits per heavy atom. The number of nitrogens with zero attached hydrogens (tertiary/aromatic N) is 3. The number of hydrogen-bond acceptors (Lipinski definition) is 3. The molecule has 0 saturated heterocycles. The first kappa shape index (κ1) is 25.8. The molecule has 4 fully saturated rings. The van der Waals surface area contributed by atoms with Crippen LogP contribution >= 0.6 is 0 Å². The standard InChI is InChI=1S/C28H37F2N3O.C2H6/c1-16-8-10-27(2)17(12-16)4-5-19-20-6-7-22(28(20,3)11-9-21(19)27)25(34)15-33-31-24-14-18(29)13-23(30)26(24)32-33;1-2/h13-14,16-17,19-22H,4-12,15H2,1-3H3;1-2H3/t16-,17?,19?,20?,21?,22+,27?,28?;/m0./s1. The van der Waals surface area contributed by atoms with Gasteiger partial charge in [-0.25, -0.2) is 8.78 Å². The number of hydrogen-bond donors (Lipinski definition) is 0. The lowest BCUT2D eigenvalue weighted by molar-refractivity contribution is -0.137. The molecule has 4 nitrogen and oxygen atoms in total. The van der Waals surface area contributed by atoms with Gasteiger partial charge in [0.05, 0.1) is 0 Å². The molecule has 0 spiro atoms. The van der Waals surface area contributed by atoms with Crippen LogP contribution in [0.1, 0.15) is 92.4 Å². The summed E-state index contributed by atoms with van der Waals surface area (Å²) in [7, 11) is 0. The molecule has 4 saturated carbocycles. The van der Waals surface area contributed by atoms with Crippen LogP contribution in [0.2, 0.25) is 0 Å². The number of carbonyl (C=O) groups excluding carboxylic acids is 1. The Balaban J connectivity index is 0.00000130. The lowest BCUT2D eigenvalue weighted by atomic mass is 9.44. The van der Waals surface area contributed by atoms with E-state index in [0.717, 1.165) is 49.0 Å². The molecular formula is C30H43F2N3O. The third kappa shape index (κ3) is 4.01. The van der Waals surface area contributed by atoms with Gasteiger partial charge in [0.1, 0.15) is 23.4 Å². The normalized spacial score (nSPS) is 39.5. The third-order valence-corrected chi connectivity index (χ3v) is 11.1. The highest BCUT2D eigenvalue weighted by Gasteiger charge is 2.60. The van der Waals surface area contributed by atoms with E-state index in [4.69, 9.17) is 0 Å². The van der Waals surface area contributed by atoms with Gasteiger partial charge in [0.25, 0.3) is 0 Å². The number of Topliss-reactive ketones (excluding diaryl/α,β-unsaturated/α-hetero) is 1. The molecule has 2 aromatic rings. The molecule has 6 unspecified atom stereocenters. The Bertz CT molecular complexity index is 1130. The Hall–Kier alpha value is -1.85. The first-order valence-corrected chi connectivity index (χ1v) is 14.4. The highest BCUT2D eigenvalue weighted by molar-refractivity contribution is 5.82. The number of aromatic nitrogens is 3. The minimum Gasteiger partial charge on any atom is -0.297 e. The van der Waals surface area contributed by atoms with Crippen molar-refractivity contribution in [2.24, 2.45) is 46.3 Å². The minimum absolute atomic E-state index is 0.00560. The number of fused-ring (bicyclic) bond motifs is 6. The second-order valence-corrected chi connectivity index (χ2v) is 12.7. The zero-order valence-corrected chi connectivity index (χ0v) is 22.7. The van der Waals surface area contributed by atoms with Crippen LogP contribution in [0.25, 0.3) is 11.0 Å². The number of halogens is 2. The fourth-order valence-electron chi connectivity index (χ4n) is 9.31. The Morgan fingerprint density at radius 3 is 2.47 bits per heavy atom. The summed E-state index contributed by atoms with van der Waals surface area (Å²) in [5.74, 6) is 2.66.